The third kappa shape index (κ3) is 6.41. The number of rotatable bonds is 7. The van der Waals surface area contributed by atoms with Crippen molar-refractivity contribution >= 4 is 56.1 Å². The summed E-state index contributed by atoms with van der Waals surface area (Å²) in [6.07, 6.45) is -0.302. The van der Waals surface area contributed by atoms with Crippen LogP contribution in [0.2, 0.25) is 0 Å². The molecule has 2 unspecified atom stereocenters. The number of piperazine rings is 1. The SMILES string of the molecule is CCOC(=O)CC1CN(S(=O)(=O)c2cc3cc(/C(N)=N\C(=O)OC)ccc3[nH]2)CCN1C(=O)c1nc2c(s1)CNC(C)C2. The summed E-state index contributed by atoms with van der Waals surface area (Å²) in [6, 6.07) is 5.81. The molecule has 2 aliphatic rings. The van der Waals surface area contributed by atoms with Gasteiger partial charge in [0, 0.05) is 60.0 Å². The van der Waals surface area contributed by atoms with Crippen molar-refractivity contribution in [3.8, 4) is 0 Å². The van der Waals surface area contributed by atoms with Crippen molar-refractivity contribution in [2.24, 2.45) is 10.7 Å². The number of aromatic nitrogens is 2. The van der Waals surface area contributed by atoms with Crippen LogP contribution >= 0.6 is 11.3 Å². The zero-order valence-corrected chi connectivity index (χ0v) is 25.6. The fourth-order valence-electron chi connectivity index (χ4n) is 5.18. The number of nitrogens with zero attached hydrogens (tertiary/aromatic N) is 4. The van der Waals surface area contributed by atoms with E-state index in [2.05, 4.69) is 31.9 Å². The lowest BCUT2D eigenvalue weighted by atomic mass is 10.1. The fourth-order valence-corrected chi connectivity index (χ4v) is 7.66. The largest absolute Gasteiger partial charge is 0.466 e. The second kappa shape index (κ2) is 12.4. The molecule has 1 aromatic carbocycles. The Labute approximate surface area is 252 Å². The number of benzene rings is 1. The number of hydrogen-bond acceptors (Lipinski definition) is 10. The molecule has 1 fully saturated rings. The molecule has 0 radical (unpaired) electrons. The Morgan fingerprint density at radius 2 is 2.02 bits per heavy atom. The van der Waals surface area contributed by atoms with Crippen LogP contribution in [0.3, 0.4) is 0 Å². The molecule has 2 aliphatic heterocycles. The predicted octanol–water partition coefficient (Wildman–Crippen LogP) is 1.60. The first-order valence-corrected chi connectivity index (χ1v) is 16.0. The van der Waals surface area contributed by atoms with Crippen molar-refractivity contribution in [2.75, 3.05) is 33.4 Å². The van der Waals surface area contributed by atoms with E-state index in [1.54, 1.807) is 25.1 Å². The fraction of sp³-hybridized carbons (Fsp3) is 0.444. The summed E-state index contributed by atoms with van der Waals surface area (Å²) in [5.74, 6) is -0.929. The molecule has 3 aromatic rings. The number of carbonyl (C=O) groups is 3. The summed E-state index contributed by atoms with van der Waals surface area (Å²) in [5, 5.41) is 4.16. The van der Waals surface area contributed by atoms with E-state index in [9.17, 15) is 22.8 Å². The van der Waals surface area contributed by atoms with Crippen molar-refractivity contribution in [1.82, 2.24) is 24.5 Å². The molecule has 2 atom stereocenters. The standard InChI is InChI=1S/C27H33N7O7S2/c1-4-41-23(35)12-18-14-33(7-8-34(18)26(36)25-31-20-9-15(2)29-13-21(20)42-25)43(38,39)22-11-17-10-16(5-6-19(17)30-22)24(28)32-27(37)40-3/h5-6,10-11,15,18,29-30H,4,7-9,12-14H2,1-3H3,(H2,28,32,37). The van der Waals surface area contributed by atoms with Crippen LogP contribution in [0.15, 0.2) is 34.3 Å². The average Bonchev–Trinajstić information content (AvgIpc) is 3.61. The van der Waals surface area contributed by atoms with E-state index in [-0.39, 0.29) is 55.5 Å². The maximum absolute atomic E-state index is 13.8. The number of hydrogen-bond donors (Lipinski definition) is 3. The average molecular weight is 632 g/mol. The Morgan fingerprint density at radius 1 is 1.23 bits per heavy atom. The zero-order chi connectivity index (χ0) is 30.9. The quantitative estimate of drug-likeness (QED) is 0.196. The Kier molecular flexibility index (Phi) is 8.82. The number of sulfonamides is 1. The molecule has 14 nitrogen and oxygen atoms in total. The van der Waals surface area contributed by atoms with Crippen LogP contribution in [0.1, 0.15) is 46.2 Å². The van der Waals surface area contributed by atoms with Gasteiger partial charge < -0.3 is 30.4 Å². The van der Waals surface area contributed by atoms with Gasteiger partial charge in [-0.05, 0) is 38.1 Å². The van der Waals surface area contributed by atoms with E-state index in [0.29, 0.717) is 34.4 Å². The number of aliphatic imine (C=N–C) groups is 1. The highest BCUT2D eigenvalue weighted by molar-refractivity contribution is 7.89. The van der Waals surface area contributed by atoms with Crippen LogP contribution in [0.25, 0.3) is 10.9 Å². The number of nitrogens with one attached hydrogen (secondary N) is 2. The molecule has 1 saturated heterocycles. The zero-order valence-electron chi connectivity index (χ0n) is 24.0. The molecule has 16 heteroatoms. The first-order chi connectivity index (χ1) is 20.5. The summed E-state index contributed by atoms with van der Waals surface area (Å²) in [4.78, 5) is 51.3. The van der Waals surface area contributed by atoms with Crippen LogP contribution in [-0.2, 0) is 37.3 Å². The lowest BCUT2D eigenvalue weighted by Crippen LogP contribution is -2.57. The lowest BCUT2D eigenvalue weighted by Gasteiger charge is -2.39. The molecular formula is C27H33N7O7S2. The Morgan fingerprint density at radius 3 is 2.77 bits per heavy atom. The van der Waals surface area contributed by atoms with Crippen molar-refractivity contribution < 1.29 is 32.3 Å². The second-order valence-electron chi connectivity index (χ2n) is 10.3. The third-order valence-corrected chi connectivity index (χ3v) is 10.3. The highest BCUT2D eigenvalue weighted by Gasteiger charge is 2.39. The van der Waals surface area contributed by atoms with Gasteiger partial charge >= 0.3 is 12.1 Å². The number of ether oxygens (including phenoxy) is 2. The van der Waals surface area contributed by atoms with Crippen molar-refractivity contribution in [1.29, 1.82) is 0 Å². The summed E-state index contributed by atoms with van der Waals surface area (Å²) in [7, 11) is -2.87. The molecule has 230 valence electrons. The number of amides is 2. The first kappa shape index (κ1) is 30.6. The number of carbonyl (C=O) groups excluding carboxylic acids is 3. The van der Waals surface area contributed by atoms with E-state index >= 15 is 0 Å². The first-order valence-electron chi connectivity index (χ1n) is 13.7. The van der Waals surface area contributed by atoms with Gasteiger partial charge in [-0.2, -0.15) is 9.30 Å². The molecule has 0 saturated carbocycles. The van der Waals surface area contributed by atoms with Gasteiger partial charge in [0.2, 0.25) is 0 Å². The van der Waals surface area contributed by atoms with Gasteiger partial charge in [0.05, 0.1) is 31.9 Å². The Bertz CT molecular complexity index is 1700. The van der Waals surface area contributed by atoms with Gasteiger partial charge in [-0.3, -0.25) is 9.59 Å². The van der Waals surface area contributed by atoms with Gasteiger partial charge in [0.1, 0.15) is 10.9 Å². The van der Waals surface area contributed by atoms with Crippen molar-refractivity contribution in [2.45, 2.75) is 50.3 Å². The Hall–Kier alpha value is -3.86. The van der Waals surface area contributed by atoms with E-state index < -0.39 is 28.1 Å². The summed E-state index contributed by atoms with van der Waals surface area (Å²) < 4.78 is 38.5. The molecule has 5 rings (SSSR count). The van der Waals surface area contributed by atoms with E-state index in [0.717, 1.165) is 10.6 Å². The molecule has 0 aliphatic carbocycles. The number of esters is 1. The number of fused-ring (bicyclic) bond motifs is 2. The monoisotopic (exact) mass is 631 g/mol. The molecule has 43 heavy (non-hydrogen) atoms. The van der Waals surface area contributed by atoms with Gasteiger partial charge in [-0.15, -0.1) is 11.3 Å². The molecule has 4 N–H and O–H groups in total. The normalized spacial score (nSPS) is 19.7. The summed E-state index contributed by atoms with van der Waals surface area (Å²) >= 11 is 1.32. The van der Waals surface area contributed by atoms with Crippen molar-refractivity contribution in [3.05, 3.63) is 45.4 Å². The van der Waals surface area contributed by atoms with E-state index in [1.807, 2.05) is 0 Å². The number of amidine groups is 1. The van der Waals surface area contributed by atoms with Crippen molar-refractivity contribution in [3.63, 3.8) is 0 Å². The van der Waals surface area contributed by atoms with Gasteiger partial charge in [-0.1, -0.05) is 0 Å². The smallest absolute Gasteiger partial charge is 0.435 e. The maximum atomic E-state index is 13.8. The minimum Gasteiger partial charge on any atom is -0.466 e. The van der Waals surface area contributed by atoms with Gasteiger partial charge in [0.15, 0.2) is 5.01 Å². The highest BCUT2D eigenvalue weighted by Crippen LogP contribution is 2.29. The number of methoxy groups -OCH3 is 1. The highest BCUT2D eigenvalue weighted by atomic mass is 32.2. The second-order valence-corrected chi connectivity index (χ2v) is 13.3. The maximum Gasteiger partial charge on any atom is 0.435 e. The molecule has 0 spiro atoms. The minimum absolute atomic E-state index is 0.0242. The van der Waals surface area contributed by atoms with Crippen LogP contribution in [0.5, 0.6) is 0 Å². The van der Waals surface area contributed by atoms with Crippen LogP contribution in [-0.4, -0.2) is 96.8 Å². The van der Waals surface area contributed by atoms with Crippen LogP contribution < -0.4 is 11.1 Å². The van der Waals surface area contributed by atoms with Crippen LogP contribution in [0, 0.1) is 0 Å². The summed E-state index contributed by atoms with van der Waals surface area (Å²) in [6.45, 7) is 4.54. The molecule has 0 bridgehead atoms. The molecule has 4 heterocycles. The predicted molar refractivity (Wildman–Crippen MR) is 158 cm³/mol. The van der Waals surface area contributed by atoms with E-state index in [4.69, 9.17) is 10.5 Å². The summed E-state index contributed by atoms with van der Waals surface area (Å²) in [5.41, 5.74) is 7.73. The molecular weight excluding hydrogens is 598 g/mol. The topological polar surface area (TPSA) is 189 Å². The molecule has 2 amide bonds. The number of aromatic amines is 1. The van der Waals surface area contributed by atoms with E-state index in [1.165, 1.54) is 33.7 Å². The lowest BCUT2D eigenvalue weighted by molar-refractivity contribution is -0.144. The number of thiazole rings is 1. The third-order valence-electron chi connectivity index (χ3n) is 7.38. The van der Waals surface area contributed by atoms with Gasteiger partial charge in [0.25, 0.3) is 15.9 Å². The van der Waals surface area contributed by atoms with Gasteiger partial charge in [-0.25, -0.2) is 18.2 Å². The minimum atomic E-state index is -4.05. The number of nitrogens with two attached hydrogens (primary N) is 1. The molecule has 2 aromatic heterocycles. The number of H-pyrrole nitrogens is 1. The van der Waals surface area contributed by atoms with Crippen LogP contribution in [0.4, 0.5) is 4.79 Å². The Balaban J connectivity index is 1.39.